The van der Waals surface area contributed by atoms with Crippen molar-refractivity contribution in [1.29, 1.82) is 0 Å². The molecule has 21 heavy (non-hydrogen) atoms. The minimum Gasteiger partial charge on any atom is -0.493 e. The van der Waals surface area contributed by atoms with E-state index in [-0.39, 0.29) is 37.4 Å². The maximum absolute atomic E-state index is 11.9. The Kier molecular flexibility index (Phi) is 6.98. The summed E-state index contributed by atoms with van der Waals surface area (Å²) < 4.78 is 5.35. The van der Waals surface area contributed by atoms with E-state index in [0.29, 0.717) is 5.75 Å². The van der Waals surface area contributed by atoms with Crippen molar-refractivity contribution in [3.63, 3.8) is 0 Å². The van der Waals surface area contributed by atoms with Crippen LogP contribution >= 0.6 is 12.4 Å². The van der Waals surface area contributed by atoms with Crippen LogP contribution in [0.3, 0.4) is 0 Å². The Hall–Kier alpha value is -1.79. The molecule has 116 valence electrons. The fraction of sp³-hybridized carbons (Fsp3) is 0.429. The quantitative estimate of drug-likeness (QED) is 0.732. The number of ether oxygens (including phenoxy) is 1. The van der Waals surface area contributed by atoms with E-state index < -0.39 is 5.91 Å². The molecule has 0 saturated carbocycles. The van der Waals surface area contributed by atoms with E-state index in [2.05, 4.69) is 10.6 Å². The summed E-state index contributed by atoms with van der Waals surface area (Å²) in [6.07, 6.45) is 2.09. The van der Waals surface area contributed by atoms with Gasteiger partial charge in [-0.25, -0.2) is 0 Å². The number of amides is 2. The predicted octanol–water partition coefficient (Wildman–Crippen LogP) is 1.05. The fourth-order valence-electron chi connectivity index (χ4n) is 2.04. The maximum Gasteiger partial charge on any atom is 0.241 e. The summed E-state index contributed by atoms with van der Waals surface area (Å²) in [4.78, 5) is 22.5. The van der Waals surface area contributed by atoms with Crippen LogP contribution in [0.15, 0.2) is 24.3 Å². The Bertz CT molecular complexity index is 473. The first-order valence-electron chi connectivity index (χ1n) is 6.70. The normalized spacial score (nSPS) is 16.9. The lowest BCUT2D eigenvalue weighted by molar-refractivity contribution is -0.119. The van der Waals surface area contributed by atoms with Gasteiger partial charge in [0.25, 0.3) is 0 Å². The molecule has 6 nitrogen and oxygen atoms in total. The number of halogens is 1. The van der Waals surface area contributed by atoms with E-state index in [4.69, 9.17) is 10.5 Å². The minimum atomic E-state index is -0.391. The molecular weight excluding hydrogens is 294 g/mol. The van der Waals surface area contributed by atoms with E-state index in [1.54, 1.807) is 24.3 Å². The van der Waals surface area contributed by atoms with Crippen LogP contribution in [0.4, 0.5) is 5.69 Å². The smallest absolute Gasteiger partial charge is 0.241 e. The van der Waals surface area contributed by atoms with Crippen LogP contribution in [-0.2, 0) is 9.59 Å². The van der Waals surface area contributed by atoms with Crippen molar-refractivity contribution in [3.05, 3.63) is 24.3 Å². The van der Waals surface area contributed by atoms with Crippen LogP contribution in [-0.4, -0.2) is 31.0 Å². The van der Waals surface area contributed by atoms with E-state index in [1.165, 1.54) is 0 Å². The average molecular weight is 314 g/mol. The summed E-state index contributed by atoms with van der Waals surface area (Å²) in [6.45, 7) is 1.15. The molecule has 1 aliphatic heterocycles. The number of carbonyl (C=O) groups is 2. The summed E-state index contributed by atoms with van der Waals surface area (Å²) in [6, 6.07) is 6.94. The Morgan fingerprint density at radius 2 is 2.05 bits per heavy atom. The lowest BCUT2D eigenvalue weighted by atomic mass is 10.2. The number of primary amides is 1. The third-order valence-electron chi connectivity index (χ3n) is 3.12. The van der Waals surface area contributed by atoms with Crippen LogP contribution in [0.25, 0.3) is 0 Å². The van der Waals surface area contributed by atoms with Gasteiger partial charge in [-0.05, 0) is 43.7 Å². The number of hydrogen-bond donors (Lipinski definition) is 3. The van der Waals surface area contributed by atoms with Crippen molar-refractivity contribution in [1.82, 2.24) is 5.32 Å². The summed E-state index contributed by atoms with van der Waals surface area (Å²) in [5.74, 6) is 0.242. The third-order valence-corrected chi connectivity index (χ3v) is 3.12. The average Bonchev–Trinajstić information content (AvgIpc) is 2.94. The molecule has 0 spiro atoms. The molecule has 1 saturated heterocycles. The molecule has 0 aromatic heterocycles. The highest BCUT2D eigenvalue weighted by atomic mass is 35.5. The topological polar surface area (TPSA) is 93.5 Å². The van der Waals surface area contributed by atoms with Crippen molar-refractivity contribution >= 4 is 29.9 Å². The van der Waals surface area contributed by atoms with Crippen molar-refractivity contribution in [3.8, 4) is 5.75 Å². The van der Waals surface area contributed by atoms with Gasteiger partial charge < -0.3 is 21.1 Å². The molecule has 0 aliphatic carbocycles. The molecule has 4 N–H and O–H groups in total. The molecule has 1 aliphatic rings. The molecular formula is C14H20ClN3O3. The molecule has 1 heterocycles. The molecule has 2 rings (SSSR count). The zero-order valence-corrected chi connectivity index (χ0v) is 12.4. The summed E-state index contributed by atoms with van der Waals surface area (Å²) in [5.41, 5.74) is 5.75. The van der Waals surface area contributed by atoms with Crippen LogP contribution in [0.2, 0.25) is 0 Å². The van der Waals surface area contributed by atoms with Crippen LogP contribution in [0, 0.1) is 0 Å². The molecule has 2 amide bonds. The molecule has 1 fully saturated rings. The van der Waals surface area contributed by atoms with Crippen molar-refractivity contribution in [2.45, 2.75) is 25.3 Å². The van der Waals surface area contributed by atoms with Crippen molar-refractivity contribution < 1.29 is 14.3 Å². The molecule has 1 atom stereocenters. The molecule has 1 aromatic carbocycles. The first-order valence-corrected chi connectivity index (χ1v) is 6.70. The molecule has 1 unspecified atom stereocenters. The highest BCUT2D eigenvalue weighted by molar-refractivity contribution is 5.95. The van der Waals surface area contributed by atoms with Gasteiger partial charge in [-0.3, -0.25) is 9.59 Å². The molecule has 1 aromatic rings. The first kappa shape index (κ1) is 17.3. The monoisotopic (exact) mass is 313 g/mol. The zero-order valence-electron chi connectivity index (χ0n) is 11.6. The Morgan fingerprint density at radius 1 is 1.33 bits per heavy atom. The number of carbonyl (C=O) groups excluding carboxylic acids is 2. The summed E-state index contributed by atoms with van der Waals surface area (Å²) in [5, 5.41) is 6.00. The highest BCUT2D eigenvalue weighted by Crippen LogP contribution is 2.17. The number of nitrogens with one attached hydrogen (secondary N) is 2. The van der Waals surface area contributed by atoms with E-state index in [0.717, 1.165) is 25.1 Å². The van der Waals surface area contributed by atoms with Gasteiger partial charge in [-0.1, -0.05) is 0 Å². The highest BCUT2D eigenvalue weighted by Gasteiger charge is 2.21. The maximum atomic E-state index is 11.9. The minimum absolute atomic E-state index is 0. The Morgan fingerprint density at radius 3 is 2.62 bits per heavy atom. The van der Waals surface area contributed by atoms with Crippen molar-refractivity contribution in [2.75, 3.05) is 18.5 Å². The van der Waals surface area contributed by atoms with Gasteiger partial charge in [0.1, 0.15) is 5.75 Å². The Balaban J connectivity index is 0.00000220. The zero-order chi connectivity index (χ0) is 14.4. The molecule has 7 heteroatoms. The van der Waals surface area contributed by atoms with Gasteiger partial charge in [0.15, 0.2) is 0 Å². The Labute approximate surface area is 129 Å². The van der Waals surface area contributed by atoms with Gasteiger partial charge in [-0.2, -0.15) is 0 Å². The van der Waals surface area contributed by atoms with Crippen LogP contribution in [0.5, 0.6) is 5.75 Å². The largest absolute Gasteiger partial charge is 0.493 e. The fourth-order valence-corrected chi connectivity index (χ4v) is 2.04. The van der Waals surface area contributed by atoms with Gasteiger partial charge >= 0.3 is 0 Å². The van der Waals surface area contributed by atoms with Crippen LogP contribution in [0.1, 0.15) is 19.3 Å². The third kappa shape index (κ3) is 5.61. The first-order chi connectivity index (χ1) is 9.65. The molecule has 0 radical (unpaired) electrons. The van der Waals surface area contributed by atoms with Gasteiger partial charge in [0, 0.05) is 5.69 Å². The van der Waals surface area contributed by atoms with Crippen LogP contribution < -0.4 is 21.1 Å². The number of rotatable bonds is 6. The lowest BCUT2D eigenvalue weighted by Crippen LogP contribution is -2.35. The second-order valence-corrected chi connectivity index (χ2v) is 4.73. The predicted molar refractivity (Wildman–Crippen MR) is 82.7 cm³/mol. The summed E-state index contributed by atoms with van der Waals surface area (Å²) in [7, 11) is 0. The number of hydrogen-bond acceptors (Lipinski definition) is 4. The number of benzene rings is 1. The second kappa shape index (κ2) is 8.49. The molecule has 0 bridgehead atoms. The van der Waals surface area contributed by atoms with E-state index in [9.17, 15) is 9.59 Å². The van der Waals surface area contributed by atoms with E-state index in [1.807, 2.05) is 0 Å². The van der Waals surface area contributed by atoms with E-state index >= 15 is 0 Å². The van der Waals surface area contributed by atoms with Gasteiger partial charge in [-0.15, -0.1) is 12.4 Å². The van der Waals surface area contributed by atoms with Gasteiger partial charge in [0.05, 0.1) is 19.1 Å². The second-order valence-electron chi connectivity index (χ2n) is 4.73. The SMILES string of the molecule is Cl.NC(=O)CCOc1ccc(NC(=O)C2CCCN2)cc1. The lowest BCUT2D eigenvalue weighted by Gasteiger charge is -2.11. The van der Waals surface area contributed by atoms with Crippen molar-refractivity contribution in [2.24, 2.45) is 5.73 Å². The van der Waals surface area contributed by atoms with Gasteiger partial charge in [0.2, 0.25) is 11.8 Å². The summed E-state index contributed by atoms with van der Waals surface area (Å²) >= 11 is 0. The standard InChI is InChI=1S/C14H19N3O3.ClH/c15-13(18)7-9-20-11-5-3-10(4-6-11)17-14(19)12-2-1-8-16-12;/h3-6,12,16H,1-2,7-9H2,(H2,15,18)(H,17,19);1H. The number of nitrogens with two attached hydrogens (primary N) is 1. The number of anilines is 1.